The fraction of sp³-hybridized carbons (Fsp3) is 0.444. The number of rotatable bonds is 6. The molecule has 2 aliphatic heterocycles. The Bertz CT molecular complexity index is 1570. The maximum Gasteiger partial charge on any atom is 0.418 e. The number of hydrogen-bond donors (Lipinski definition) is 1. The van der Waals surface area contributed by atoms with E-state index in [-0.39, 0.29) is 17.5 Å². The second-order valence-electron chi connectivity index (χ2n) is 10.7. The maximum atomic E-state index is 14.2. The van der Waals surface area contributed by atoms with Crippen molar-refractivity contribution in [3.63, 3.8) is 0 Å². The molecule has 0 unspecified atom stereocenters. The van der Waals surface area contributed by atoms with Crippen molar-refractivity contribution in [2.24, 2.45) is 7.05 Å². The summed E-state index contributed by atoms with van der Waals surface area (Å²) in [4.78, 5) is 15.4. The molecule has 206 valence electrons. The van der Waals surface area contributed by atoms with Crippen LogP contribution in [-0.4, -0.2) is 66.1 Å². The Labute approximate surface area is 222 Å². The molecule has 5 heterocycles. The zero-order valence-corrected chi connectivity index (χ0v) is 21.4. The van der Waals surface area contributed by atoms with Crippen LogP contribution in [0.4, 0.5) is 13.2 Å². The summed E-state index contributed by atoms with van der Waals surface area (Å²) in [6.07, 6.45) is 1.24. The maximum absolute atomic E-state index is 14.2. The number of fused-ring (bicyclic) bond motifs is 1. The van der Waals surface area contributed by atoms with Crippen LogP contribution in [0.3, 0.4) is 0 Å². The molecule has 0 aliphatic carbocycles. The molecule has 39 heavy (non-hydrogen) atoms. The van der Waals surface area contributed by atoms with E-state index >= 15 is 0 Å². The van der Waals surface area contributed by atoms with Gasteiger partial charge in [-0.25, -0.2) is 4.79 Å². The molecule has 9 nitrogen and oxygen atoms in total. The predicted molar refractivity (Wildman–Crippen MR) is 136 cm³/mol. The van der Waals surface area contributed by atoms with Crippen molar-refractivity contribution < 1.29 is 23.0 Å². The molecule has 2 saturated heterocycles. The minimum Gasteiger partial charge on any atom is -0.392 e. The summed E-state index contributed by atoms with van der Waals surface area (Å²) < 4.78 is 52.2. The molecule has 1 N–H and O–H groups in total. The van der Waals surface area contributed by atoms with Gasteiger partial charge in [0.2, 0.25) is 0 Å². The minimum atomic E-state index is -4.65. The molecule has 4 aromatic rings. The summed E-state index contributed by atoms with van der Waals surface area (Å²) in [7, 11) is 1.87. The van der Waals surface area contributed by atoms with E-state index < -0.39 is 23.5 Å². The number of imidazole rings is 1. The second-order valence-corrected chi connectivity index (χ2v) is 10.7. The molecule has 12 heteroatoms. The van der Waals surface area contributed by atoms with Crippen LogP contribution in [0, 0.1) is 0 Å². The normalized spacial score (nSPS) is 19.9. The number of likely N-dealkylation sites (tertiary alicyclic amines) is 1. The van der Waals surface area contributed by atoms with Crippen molar-refractivity contribution in [2.45, 2.75) is 43.5 Å². The number of β-amino-alcohol motifs (C(OH)–C–C–N with tert-alkyl or cyclic N) is 1. The summed E-state index contributed by atoms with van der Waals surface area (Å²) in [5.74, 6) is 0.791. The number of nitrogens with zero attached hydrogens (tertiary/aromatic N) is 6. The zero-order valence-electron chi connectivity index (χ0n) is 21.4. The molecular weight excluding hydrogens is 513 g/mol. The fourth-order valence-electron chi connectivity index (χ4n) is 5.65. The Hall–Kier alpha value is -3.48. The number of aliphatic hydroxyl groups is 1. The van der Waals surface area contributed by atoms with E-state index in [0.717, 1.165) is 28.3 Å². The van der Waals surface area contributed by atoms with Crippen molar-refractivity contribution in [2.75, 3.05) is 26.3 Å². The van der Waals surface area contributed by atoms with Crippen molar-refractivity contribution in [1.82, 2.24) is 28.6 Å². The zero-order chi connectivity index (χ0) is 27.4. The Morgan fingerprint density at radius 3 is 2.69 bits per heavy atom. The van der Waals surface area contributed by atoms with Gasteiger partial charge < -0.3 is 14.4 Å². The topological polar surface area (TPSA) is 89.8 Å². The van der Waals surface area contributed by atoms with Gasteiger partial charge in [0.05, 0.1) is 36.1 Å². The summed E-state index contributed by atoms with van der Waals surface area (Å²) >= 11 is 0. The third kappa shape index (κ3) is 4.77. The third-order valence-corrected chi connectivity index (χ3v) is 7.81. The number of ether oxygens (including phenoxy) is 1. The van der Waals surface area contributed by atoms with Crippen LogP contribution in [0.2, 0.25) is 0 Å². The van der Waals surface area contributed by atoms with Gasteiger partial charge in [0.1, 0.15) is 12.2 Å². The van der Waals surface area contributed by atoms with Crippen LogP contribution in [0.1, 0.15) is 35.4 Å². The second kappa shape index (κ2) is 9.61. The van der Waals surface area contributed by atoms with Crippen LogP contribution >= 0.6 is 0 Å². The highest BCUT2D eigenvalue weighted by atomic mass is 19.4. The fourth-order valence-corrected chi connectivity index (χ4v) is 5.65. The monoisotopic (exact) mass is 542 g/mol. The lowest BCUT2D eigenvalue weighted by atomic mass is 9.75. The molecule has 0 bridgehead atoms. The van der Waals surface area contributed by atoms with Crippen LogP contribution in [0.25, 0.3) is 11.2 Å². The lowest BCUT2D eigenvalue weighted by molar-refractivity contribution is -0.136. The van der Waals surface area contributed by atoms with E-state index in [0.29, 0.717) is 50.4 Å². The summed E-state index contributed by atoms with van der Waals surface area (Å²) in [5.41, 5.74) is -0.275. The number of hydrogen-bond acceptors (Lipinski definition) is 6. The largest absolute Gasteiger partial charge is 0.418 e. The highest BCUT2D eigenvalue weighted by molar-refractivity contribution is 5.58. The molecule has 0 spiro atoms. The summed E-state index contributed by atoms with van der Waals surface area (Å²) in [6.45, 7) is 2.21. The number of aryl methyl sites for hydroxylation is 1. The Morgan fingerprint density at radius 1 is 1.21 bits per heavy atom. The Morgan fingerprint density at radius 2 is 2.03 bits per heavy atom. The van der Waals surface area contributed by atoms with E-state index in [2.05, 4.69) is 10.2 Å². The van der Waals surface area contributed by atoms with Crippen molar-refractivity contribution in [3.8, 4) is 5.69 Å². The van der Waals surface area contributed by atoms with Gasteiger partial charge >= 0.3 is 11.9 Å². The van der Waals surface area contributed by atoms with Crippen LogP contribution in [0.5, 0.6) is 0 Å². The van der Waals surface area contributed by atoms with Crippen molar-refractivity contribution >= 4 is 5.52 Å². The van der Waals surface area contributed by atoms with Gasteiger partial charge in [0.25, 0.3) is 0 Å². The molecule has 0 radical (unpaired) electrons. The molecule has 3 aromatic heterocycles. The van der Waals surface area contributed by atoms with Gasteiger partial charge in [0.15, 0.2) is 0 Å². The van der Waals surface area contributed by atoms with Gasteiger partial charge in [-0.15, -0.1) is 10.2 Å². The lowest BCUT2D eigenvalue weighted by Gasteiger charge is -2.41. The SMILES string of the molecule is Cn1cnnc1CC1(c2cccc(-n3cc4c(C(F)(F)F)cc(CN5CCC[C@H](O)C5)cn4c3=O)c2)COC1. The Balaban J connectivity index is 1.40. The summed E-state index contributed by atoms with van der Waals surface area (Å²) in [6, 6.07) is 8.40. The number of alkyl halides is 3. The molecule has 2 aliphatic rings. The van der Waals surface area contributed by atoms with E-state index in [1.54, 1.807) is 18.5 Å². The first-order chi connectivity index (χ1) is 18.6. The smallest absolute Gasteiger partial charge is 0.392 e. The molecule has 1 atom stereocenters. The van der Waals surface area contributed by atoms with Gasteiger partial charge in [-0.05, 0) is 48.7 Å². The van der Waals surface area contributed by atoms with E-state index in [1.165, 1.54) is 17.0 Å². The number of benzene rings is 1. The molecule has 6 rings (SSSR count). The molecular formula is C27H29F3N6O3. The average molecular weight is 543 g/mol. The molecule has 0 amide bonds. The number of aromatic nitrogens is 5. The standard InChI is InChI=1S/C27H29F3N6O3/c1-33-17-31-32-24(33)10-26(15-39-16-26)19-4-2-5-20(9-19)35-14-23-22(27(28,29)30)8-18(12-36(23)25(35)38)11-34-7-3-6-21(37)13-34/h2,4-5,8-9,12,14,17,21,37H,3,6-7,10-11,13,15-16H2,1H3/t21-/m0/s1. The van der Waals surface area contributed by atoms with E-state index in [1.807, 2.05) is 28.6 Å². The first-order valence-electron chi connectivity index (χ1n) is 12.9. The number of aliphatic hydroxyl groups excluding tert-OH is 1. The van der Waals surface area contributed by atoms with E-state index in [4.69, 9.17) is 4.74 Å². The first-order valence-corrected chi connectivity index (χ1v) is 12.9. The van der Waals surface area contributed by atoms with Crippen molar-refractivity contribution in [1.29, 1.82) is 0 Å². The highest BCUT2D eigenvalue weighted by Crippen LogP contribution is 2.37. The van der Waals surface area contributed by atoms with Crippen LogP contribution in [0.15, 0.2) is 53.8 Å². The Kier molecular flexibility index (Phi) is 6.35. The van der Waals surface area contributed by atoms with Crippen LogP contribution in [-0.2, 0) is 36.3 Å². The number of halogens is 3. The number of piperidine rings is 1. The van der Waals surface area contributed by atoms with Gasteiger partial charge in [-0.1, -0.05) is 12.1 Å². The van der Waals surface area contributed by atoms with Gasteiger partial charge in [-0.2, -0.15) is 13.2 Å². The molecule has 1 aromatic carbocycles. The third-order valence-electron chi connectivity index (χ3n) is 7.81. The van der Waals surface area contributed by atoms with Crippen molar-refractivity contribution in [3.05, 3.63) is 82.1 Å². The quantitative estimate of drug-likeness (QED) is 0.403. The molecule has 0 saturated carbocycles. The van der Waals surface area contributed by atoms with Gasteiger partial charge in [0, 0.05) is 44.4 Å². The molecule has 2 fully saturated rings. The van der Waals surface area contributed by atoms with Gasteiger partial charge in [-0.3, -0.25) is 13.9 Å². The summed E-state index contributed by atoms with van der Waals surface area (Å²) in [5, 5.41) is 18.1. The first kappa shape index (κ1) is 25.8. The van der Waals surface area contributed by atoms with Crippen LogP contribution < -0.4 is 5.69 Å². The highest BCUT2D eigenvalue weighted by Gasteiger charge is 2.42. The average Bonchev–Trinajstić information content (AvgIpc) is 3.43. The number of pyridine rings is 1. The minimum absolute atomic E-state index is 0.207. The van der Waals surface area contributed by atoms with E-state index in [9.17, 15) is 23.1 Å². The lowest BCUT2D eigenvalue weighted by Crippen LogP contribution is -2.49. The predicted octanol–water partition coefficient (Wildman–Crippen LogP) is 2.70.